The Bertz CT molecular complexity index is 1220. The van der Waals surface area contributed by atoms with Gasteiger partial charge in [0, 0.05) is 30.7 Å². The highest BCUT2D eigenvalue weighted by Crippen LogP contribution is 2.37. The number of hydrogen-bond acceptors (Lipinski definition) is 7. The molecule has 0 unspecified atom stereocenters. The minimum absolute atomic E-state index is 0.248. The van der Waals surface area contributed by atoms with Crippen LogP contribution < -0.4 is 0 Å². The maximum Gasteiger partial charge on any atom is 0.425 e. The van der Waals surface area contributed by atoms with E-state index < -0.39 is 39.6 Å². The van der Waals surface area contributed by atoms with E-state index in [-0.39, 0.29) is 20.7 Å². The normalized spacial score (nSPS) is 13.8. The van der Waals surface area contributed by atoms with Crippen LogP contribution in [0.3, 0.4) is 0 Å². The Hall–Kier alpha value is -3.67. The van der Waals surface area contributed by atoms with E-state index in [2.05, 4.69) is 19.9 Å². The van der Waals surface area contributed by atoms with Crippen LogP contribution in [0.4, 0.5) is 4.79 Å². The summed E-state index contributed by atoms with van der Waals surface area (Å²) in [4.78, 5) is 39.3. The molecule has 176 valence electrons. The Morgan fingerprint density at radius 3 is 2.30 bits per heavy atom. The van der Waals surface area contributed by atoms with Gasteiger partial charge < -0.3 is 19.8 Å². The number of sulfonamides is 1. The van der Waals surface area contributed by atoms with Gasteiger partial charge in [0.25, 0.3) is 10.0 Å². The van der Waals surface area contributed by atoms with E-state index in [1.807, 2.05) is 0 Å². The number of aryl methyl sites for hydroxylation is 1. The van der Waals surface area contributed by atoms with Crippen molar-refractivity contribution in [3.05, 3.63) is 66.3 Å². The molecule has 2 aromatic heterocycles. The van der Waals surface area contributed by atoms with Crippen LogP contribution in [0.2, 0.25) is 0 Å². The van der Waals surface area contributed by atoms with E-state index in [1.165, 1.54) is 37.1 Å². The minimum Gasteiger partial charge on any atom is -0.479 e. The first-order valence-corrected chi connectivity index (χ1v) is 11.4. The fourth-order valence-corrected chi connectivity index (χ4v) is 4.81. The number of nitrogens with zero attached hydrogens (tertiary/aromatic N) is 3. The number of nitrogens with one attached hydrogen (secondary N) is 2. The van der Waals surface area contributed by atoms with Crippen LogP contribution in [0.15, 0.2) is 54.1 Å². The highest BCUT2D eigenvalue weighted by molar-refractivity contribution is 7.89. The van der Waals surface area contributed by atoms with Crippen LogP contribution in [0.25, 0.3) is 0 Å². The second kappa shape index (κ2) is 8.70. The van der Waals surface area contributed by atoms with Crippen molar-refractivity contribution < 1.29 is 27.9 Å². The highest BCUT2D eigenvalue weighted by Gasteiger charge is 2.58. The van der Waals surface area contributed by atoms with Gasteiger partial charge >= 0.3 is 12.1 Å². The van der Waals surface area contributed by atoms with Crippen LogP contribution in [-0.4, -0.2) is 55.4 Å². The van der Waals surface area contributed by atoms with Gasteiger partial charge in [0.05, 0.1) is 11.2 Å². The maximum atomic E-state index is 13.8. The fraction of sp³-hybridized carbons (Fsp3) is 0.333. The van der Waals surface area contributed by atoms with Gasteiger partial charge in [-0.15, -0.1) is 0 Å². The Balaban J connectivity index is 2.33. The predicted octanol–water partition coefficient (Wildman–Crippen LogP) is 2.59. The average molecular weight is 476 g/mol. The van der Waals surface area contributed by atoms with Gasteiger partial charge in [-0.05, 0) is 39.8 Å². The van der Waals surface area contributed by atoms with Crippen molar-refractivity contribution in [2.45, 2.75) is 50.2 Å². The molecule has 1 aromatic carbocycles. The zero-order chi connectivity index (χ0) is 24.4. The first-order chi connectivity index (χ1) is 15.4. The molecule has 0 saturated carbocycles. The Labute approximate surface area is 190 Å². The number of ether oxygens (including phenoxy) is 1. The van der Waals surface area contributed by atoms with E-state index in [0.29, 0.717) is 0 Å². The lowest BCUT2D eigenvalue weighted by molar-refractivity contribution is -0.149. The quantitative estimate of drug-likeness (QED) is 0.470. The van der Waals surface area contributed by atoms with Crippen LogP contribution in [0, 0.1) is 6.92 Å². The predicted molar refractivity (Wildman–Crippen MR) is 117 cm³/mol. The molecule has 0 aliphatic heterocycles. The van der Waals surface area contributed by atoms with E-state index in [1.54, 1.807) is 39.8 Å². The van der Waals surface area contributed by atoms with Crippen molar-refractivity contribution in [3.63, 3.8) is 0 Å². The number of hydrogen-bond donors (Lipinski definition) is 3. The van der Waals surface area contributed by atoms with Crippen molar-refractivity contribution in [3.8, 4) is 0 Å². The molecule has 0 radical (unpaired) electrons. The van der Waals surface area contributed by atoms with Crippen molar-refractivity contribution in [1.82, 2.24) is 24.2 Å². The van der Waals surface area contributed by atoms with Gasteiger partial charge in [0.2, 0.25) is 5.54 Å². The number of rotatable bonds is 7. The molecule has 1 amide bonds. The van der Waals surface area contributed by atoms with Crippen molar-refractivity contribution in [2.24, 2.45) is 0 Å². The van der Waals surface area contributed by atoms with E-state index in [4.69, 9.17) is 4.74 Å². The molecule has 0 saturated heterocycles. The minimum atomic E-state index is -4.74. The number of H-pyrrole nitrogens is 2. The third kappa shape index (κ3) is 4.75. The number of aromatic nitrogens is 4. The zero-order valence-electron chi connectivity index (χ0n) is 18.6. The zero-order valence-corrected chi connectivity index (χ0v) is 19.4. The number of aliphatic carboxylic acids is 1. The molecule has 2 heterocycles. The van der Waals surface area contributed by atoms with E-state index in [0.717, 1.165) is 5.56 Å². The molecule has 0 spiro atoms. The second-order valence-electron chi connectivity index (χ2n) is 8.42. The topological polar surface area (TPSA) is 158 Å². The van der Waals surface area contributed by atoms with Gasteiger partial charge in [0.15, 0.2) is 0 Å². The largest absolute Gasteiger partial charge is 0.479 e. The summed E-state index contributed by atoms with van der Waals surface area (Å²) in [6.45, 7) is 6.41. The van der Waals surface area contributed by atoms with Gasteiger partial charge in [-0.25, -0.2) is 28.0 Å². The van der Waals surface area contributed by atoms with Gasteiger partial charge in [-0.2, -0.15) is 4.31 Å². The highest BCUT2D eigenvalue weighted by atomic mass is 32.2. The first-order valence-electron chi connectivity index (χ1n) is 9.93. The number of benzene rings is 1. The van der Waals surface area contributed by atoms with Gasteiger partial charge in [-0.1, -0.05) is 17.7 Å². The Morgan fingerprint density at radius 2 is 1.82 bits per heavy atom. The maximum absolute atomic E-state index is 13.8. The number of carboxylic acids is 1. The van der Waals surface area contributed by atoms with Gasteiger partial charge in [0.1, 0.15) is 11.4 Å². The molecular weight excluding hydrogens is 450 g/mol. The number of carboxylic acid groups (broad SMARTS) is 1. The monoisotopic (exact) mass is 475 g/mol. The molecule has 0 fully saturated rings. The summed E-state index contributed by atoms with van der Waals surface area (Å²) in [5.74, 6) is -1.90. The number of carbonyl (C=O) groups excluding carboxylic acids is 1. The molecule has 3 N–H and O–H groups in total. The summed E-state index contributed by atoms with van der Waals surface area (Å²) < 4.78 is 33.3. The molecule has 33 heavy (non-hydrogen) atoms. The molecule has 3 aromatic rings. The van der Waals surface area contributed by atoms with E-state index >= 15 is 0 Å². The van der Waals surface area contributed by atoms with Crippen LogP contribution in [-0.2, 0) is 31.5 Å². The molecule has 11 nitrogen and oxygen atoms in total. The van der Waals surface area contributed by atoms with Crippen LogP contribution in [0.5, 0.6) is 0 Å². The SMILES string of the molecule is Cc1ccc(S(=O)(=O)N(C(=O)OC(C)(C)C)[C@@](Cc2cnc[nH]2)(C(=O)O)c2ncc[nH]2)cc1. The average Bonchev–Trinajstić information content (AvgIpc) is 3.40. The molecular formula is C21H25N5O6S. The fourth-order valence-electron chi connectivity index (χ4n) is 3.24. The Morgan fingerprint density at radius 1 is 1.15 bits per heavy atom. The molecule has 12 heteroatoms. The van der Waals surface area contributed by atoms with Crippen molar-refractivity contribution >= 4 is 22.1 Å². The summed E-state index contributed by atoms with van der Waals surface area (Å²) in [6, 6.07) is 5.69. The smallest absolute Gasteiger partial charge is 0.425 e. The van der Waals surface area contributed by atoms with Crippen molar-refractivity contribution in [2.75, 3.05) is 0 Å². The number of aromatic amines is 2. The van der Waals surface area contributed by atoms with Crippen LogP contribution >= 0.6 is 0 Å². The summed E-state index contributed by atoms with van der Waals surface area (Å²) >= 11 is 0. The second-order valence-corrected chi connectivity index (χ2v) is 10.2. The molecule has 3 rings (SSSR count). The lowest BCUT2D eigenvalue weighted by Gasteiger charge is -2.38. The lowest BCUT2D eigenvalue weighted by atomic mass is 9.92. The van der Waals surface area contributed by atoms with E-state index in [9.17, 15) is 23.1 Å². The van der Waals surface area contributed by atoms with Crippen LogP contribution in [0.1, 0.15) is 37.9 Å². The standard InChI is InChI=1S/C21H25N5O6S/c1-14-5-7-16(8-6-14)33(30,31)26(19(29)32-20(2,3)4)21(18(27)28,17-23-9-10-24-17)11-15-12-22-13-25-15/h5-10,12-13H,11H2,1-4H3,(H,22,25)(H,23,24)(H,27,28)/t21-/m1/s1. The number of imidazole rings is 2. The van der Waals surface area contributed by atoms with Gasteiger partial charge in [-0.3, -0.25) is 0 Å². The third-order valence-corrected chi connectivity index (χ3v) is 6.52. The lowest BCUT2D eigenvalue weighted by Crippen LogP contribution is -2.59. The molecule has 0 bridgehead atoms. The Kier molecular flexibility index (Phi) is 6.32. The summed E-state index contributed by atoms with van der Waals surface area (Å²) in [5.41, 5.74) is -2.58. The summed E-state index contributed by atoms with van der Waals surface area (Å²) in [5, 5.41) is 10.5. The molecule has 0 aliphatic rings. The van der Waals surface area contributed by atoms with Crippen molar-refractivity contribution in [1.29, 1.82) is 0 Å². The molecule has 1 atom stereocenters. The first kappa shape index (κ1) is 24.0. The number of carbonyl (C=O) groups is 2. The molecule has 0 aliphatic carbocycles. The summed E-state index contributed by atoms with van der Waals surface area (Å²) in [6.07, 6.45) is 3.42. The number of amides is 1. The third-order valence-electron chi connectivity index (χ3n) is 4.71. The summed E-state index contributed by atoms with van der Waals surface area (Å²) in [7, 11) is -4.74.